The van der Waals surface area contributed by atoms with Crippen molar-refractivity contribution in [2.75, 3.05) is 73.0 Å². The lowest BCUT2D eigenvalue weighted by molar-refractivity contribution is -0.131. The summed E-state index contributed by atoms with van der Waals surface area (Å²) in [7, 11) is 3.53. The molecule has 0 unspecified atom stereocenters. The Morgan fingerprint density at radius 2 is 1.57 bits per heavy atom. The van der Waals surface area contributed by atoms with Gasteiger partial charge in [0, 0.05) is 59.9 Å². The zero-order valence-electron chi connectivity index (χ0n) is 18.9. The van der Waals surface area contributed by atoms with Crippen molar-refractivity contribution >= 4 is 17.8 Å². The Hall–Kier alpha value is -1.83. The summed E-state index contributed by atoms with van der Waals surface area (Å²) in [5.41, 5.74) is 0. The van der Waals surface area contributed by atoms with Crippen LogP contribution in [0.15, 0.2) is 4.99 Å². The van der Waals surface area contributed by atoms with E-state index in [1.165, 1.54) is 32.1 Å². The van der Waals surface area contributed by atoms with E-state index in [0.717, 1.165) is 64.6 Å². The van der Waals surface area contributed by atoms with Crippen LogP contribution < -0.4 is 5.32 Å². The van der Waals surface area contributed by atoms with Crippen LogP contribution in [0.3, 0.4) is 0 Å². The Balaban J connectivity index is 1.51. The van der Waals surface area contributed by atoms with Crippen molar-refractivity contribution in [1.29, 1.82) is 0 Å². The molecule has 170 valence electrons. The molecule has 8 heteroatoms. The molecular weight excluding hydrogens is 380 g/mol. The third-order valence-corrected chi connectivity index (χ3v) is 6.63. The highest BCUT2D eigenvalue weighted by molar-refractivity contribution is 5.85. The average Bonchev–Trinajstić information content (AvgIpc) is 3.30. The second-order valence-corrected chi connectivity index (χ2v) is 9.16. The molecule has 2 aliphatic heterocycles. The number of likely N-dealkylation sites (N-methyl/N-ethyl adjacent to an activating group) is 1. The Labute approximate surface area is 181 Å². The molecule has 1 saturated carbocycles. The van der Waals surface area contributed by atoms with Gasteiger partial charge < -0.3 is 20.0 Å². The number of likely N-dealkylation sites (tertiary alicyclic amines) is 1. The van der Waals surface area contributed by atoms with Crippen molar-refractivity contribution in [2.24, 2.45) is 10.9 Å². The Bertz CT molecular complexity index is 588. The lowest BCUT2D eigenvalue weighted by Gasteiger charge is -2.37. The van der Waals surface area contributed by atoms with Gasteiger partial charge in [0.2, 0.25) is 11.8 Å². The van der Waals surface area contributed by atoms with Gasteiger partial charge in [-0.2, -0.15) is 0 Å². The molecule has 0 aromatic heterocycles. The van der Waals surface area contributed by atoms with E-state index in [9.17, 15) is 9.59 Å². The van der Waals surface area contributed by atoms with Gasteiger partial charge in [0.25, 0.3) is 0 Å². The first-order chi connectivity index (χ1) is 14.5. The Kier molecular flexibility index (Phi) is 8.78. The minimum Gasteiger partial charge on any atom is -0.356 e. The Morgan fingerprint density at radius 3 is 2.20 bits per heavy atom. The summed E-state index contributed by atoms with van der Waals surface area (Å²) in [5.74, 6) is 1.83. The van der Waals surface area contributed by atoms with Gasteiger partial charge in [0.05, 0.1) is 6.54 Å². The fourth-order valence-electron chi connectivity index (χ4n) is 4.55. The van der Waals surface area contributed by atoms with Gasteiger partial charge in [-0.15, -0.1) is 0 Å². The van der Waals surface area contributed by atoms with E-state index >= 15 is 0 Å². The third-order valence-electron chi connectivity index (χ3n) is 6.63. The van der Waals surface area contributed by atoms with Crippen LogP contribution in [0.1, 0.15) is 44.9 Å². The third kappa shape index (κ3) is 6.86. The fourth-order valence-corrected chi connectivity index (χ4v) is 4.55. The molecule has 3 fully saturated rings. The quantitative estimate of drug-likeness (QED) is 0.509. The molecule has 0 aromatic carbocycles. The molecule has 0 bridgehead atoms. The van der Waals surface area contributed by atoms with Crippen LogP contribution in [0.2, 0.25) is 0 Å². The van der Waals surface area contributed by atoms with Crippen LogP contribution in [0.5, 0.6) is 0 Å². The monoisotopic (exact) mass is 420 g/mol. The van der Waals surface area contributed by atoms with Crippen LogP contribution in [-0.2, 0) is 9.59 Å². The molecule has 3 rings (SSSR count). The van der Waals surface area contributed by atoms with Gasteiger partial charge in [0.15, 0.2) is 5.96 Å². The minimum atomic E-state index is 0.0156. The number of nitrogens with one attached hydrogen (secondary N) is 1. The molecule has 0 radical (unpaired) electrons. The normalized spacial score (nSPS) is 21.7. The summed E-state index contributed by atoms with van der Waals surface area (Å²) in [6.07, 6.45) is 8.83. The van der Waals surface area contributed by atoms with Crippen molar-refractivity contribution in [3.8, 4) is 0 Å². The molecule has 1 N–H and O–H groups in total. The lowest BCUT2D eigenvalue weighted by Crippen LogP contribution is -2.54. The predicted octanol–water partition coefficient (Wildman–Crippen LogP) is 0.841. The number of aliphatic imine (C=N–C) groups is 1. The van der Waals surface area contributed by atoms with Crippen molar-refractivity contribution in [2.45, 2.75) is 44.9 Å². The molecule has 0 atom stereocenters. The molecule has 2 saturated heterocycles. The van der Waals surface area contributed by atoms with Crippen molar-refractivity contribution in [3.63, 3.8) is 0 Å². The number of hydrogen-bond acceptors (Lipinski definition) is 4. The molecule has 2 heterocycles. The summed E-state index contributed by atoms with van der Waals surface area (Å²) in [4.78, 5) is 37.2. The zero-order valence-corrected chi connectivity index (χ0v) is 18.9. The number of hydrogen-bond donors (Lipinski definition) is 1. The summed E-state index contributed by atoms with van der Waals surface area (Å²) in [6.45, 7) is 6.84. The molecular formula is C22H40N6O2. The molecule has 0 aromatic rings. The topological polar surface area (TPSA) is 71.5 Å². The highest BCUT2D eigenvalue weighted by Gasteiger charge is 2.25. The van der Waals surface area contributed by atoms with Crippen molar-refractivity contribution in [1.82, 2.24) is 24.9 Å². The van der Waals surface area contributed by atoms with Gasteiger partial charge in [0.1, 0.15) is 6.54 Å². The highest BCUT2D eigenvalue weighted by atomic mass is 16.2. The summed E-state index contributed by atoms with van der Waals surface area (Å²) < 4.78 is 0. The standard InChI is InChI=1S/C22H40N6O2/c1-25(2)20(29)17-24-22(23-16-19-8-4-3-5-9-19)28-14-12-26(13-15-28)18-21(30)27-10-6-7-11-27/h19H,3-18H2,1-2H3,(H,23,24). The maximum absolute atomic E-state index is 12.4. The van der Waals surface area contributed by atoms with E-state index < -0.39 is 0 Å². The maximum Gasteiger partial charge on any atom is 0.243 e. The molecule has 30 heavy (non-hydrogen) atoms. The molecule has 0 spiro atoms. The average molecular weight is 421 g/mol. The van der Waals surface area contributed by atoms with E-state index in [0.29, 0.717) is 12.5 Å². The van der Waals surface area contributed by atoms with Gasteiger partial charge in [-0.1, -0.05) is 19.3 Å². The number of carbonyl (C=O) groups excluding carboxylic acids is 2. The molecule has 2 amide bonds. The summed E-state index contributed by atoms with van der Waals surface area (Å²) >= 11 is 0. The summed E-state index contributed by atoms with van der Waals surface area (Å²) in [5, 5.41) is 3.57. The van der Waals surface area contributed by atoms with E-state index in [4.69, 9.17) is 0 Å². The van der Waals surface area contributed by atoms with E-state index in [-0.39, 0.29) is 18.4 Å². The van der Waals surface area contributed by atoms with Gasteiger partial charge in [-0.3, -0.25) is 14.5 Å². The number of amides is 2. The van der Waals surface area contributed by atoms with Gasteiger partial charge in [-0.05, 0) is 31.6 Å². The second kappa shape index (κ2) is 11.5. The van der Waals surface area contributed by atoms with Crippen LogP contribution >= 0.6 is 0 Å². The smallest absolute Gasteiger partial charge is 0.243 e. The number of piperazine rings is 1. The fraction of sp³-hybridized carbons (Fsp3) is 0.864. The first-order valence-electron chi connectivity index (χ1n) is 11.8. The van der Waals surface area contributed by atoms with Crippen LogP contribution in [-0.4, -0.2) is 110 Å². The van der Waals surface area contributed by atoms with Gasteiger partial charge >= 0.3 is 0 Å². The minimum absolute atomic E-state index is 0.0156. The summed E-state index contributed by atoms with van der Waals surface area (Å²) in [6, 6.07) is 0. The first-order valence-corrected chi connectivity index (χ1v) is 11.8. The first kappa shape index (κ1) is 22.8. The van der Waals surface area contributed by atoms with E-state index in [1.807, 2.05) is 4.90 Å². The number of guanidine groups is 1. The van der Waals surface area contributed by atoms with Crippen LogP contribution in [0, 0.1) is 5.92 Å². The van der Waals surface area contributed by atoms with Crippen LogP contribution in [0.25, 0.3) is 0 Å². The van der Waals surface area contributed by atoms with E-state index in [2.05, 4.69) is 20.1 Å². The molecule has 8 nitrogen and oxygen atoms in total. The number of nitrogens with zero attached hydrogens (tertiary/aromatic N) is 5. The van der Waals surface area contributed by atoms with Crippen molar-refractivity contribution < 1.29 is 9.59 Å². The number of carbonyl (C=O) groups is 2. The molecule has 3 aliphatic rings. The SMILES string of the molecule is CN(C)C(=O)CN=C(NCC1CCCCC1)N1CCN(CC(=O)N2CCCC2)CC1. The highest BCUT2D eigenvalue weighted by Crippen LogP contribution is 2.22. The van der Waals surface area contributed by atoms with E-state index in [1.54, 1.807) is 19.0 Å². The largest absolute Gasteiger partial charge is 0.356 e. The molecule has 1 aliphatic carbocycles. The second-order valence-electron chi connectivity index (χ2n) is 9.16. The van der Waals surface area contributed by atoms with Crippen molar-refractivity contribution in [3.05, 3.63) is 0 Å². The maximum atomic E-state index is 12.4. The van der Waals surface area contributed by atoms with Crippen LogP contribution in [0.4, 0.5) is 0 Å². The zero-order chi connectivity index (χ0) is 21.3. The lowest BCUT2D eigenvalue weighted by atomic mass is 9.89. The van der Waals surface area contributed by atoms with Gasteiger partial charge in [-0.25, -0.2) is 4.99 Å². The predicted molar refractivity (Wildman–Crippen MR) is 119 cm³/mol. The Morgan fingerprint density at radius 1 is 0.900 bits per heavy atom. The number of rotatable bonds is 6.